The average molecular weight is 247 g/mol. The molecule has 0 saturated carbocycles. The molecule has 0 fully saturated rings. The van der Waals surface area contributed by atoms with Gasteiger partial charge in [-0.25, -0.2) is 0 Å². The highest BCUT2D eigenvalue weighted by Gasteiger charge is 2.20. The summed E-state index contributed by atoms with van der Waals surface area (Å²) in [6, 6.07) is 6.15. The topological polar surface area (TPSA) is 29.5 Å². The van der Waals surface area contributed by atoms with Crippen molar-refractivity contribution in [2.75, 3.05) is 26.1 Å². The Kier molecular flexibility index (Phi) is 4.95. The van der Waals surface area contributed by atoms with E-state index < -0.39 is 0 Å². The first-order valence-electron chi connectivity index (χ1n) is 6.00. The van der Waals surface area contributed by atoms with E-state index in [1.165, 1.54) is 7.11 Å². The monoisotopic (exact) mass is 247 g/mol. The van der Waals surface area contributed by atoms with Crippen molar-refractivity contribution in [2.45, 2.75) is 19.3 Å². The van der Waals surface area contributed by atoms with E-state index in [9.17, 15) is 4.79 Å². The predicted molar refractivity (Wildman–Crippen MR) is 75.1 cm³/mol. The highest BCUT2D eigenvalue weighted by Crippen LogP contribution is 2.28. The van der Waals surface area contributed by atoms with Gasteiger partial charge in [0.05, 0.1) is 13.0 Å². The molecule has 3 heteroatoms. The summed E-state index contributed by atoms with van der Waals surface area (Å²) < 4.78 is 4.82. The Morgan fingerprint density at radius 3 is 2.67 bits per heavy atom. The number of rotatable bonds is 5. The fraction of sp³-hybridized carbons (Fsp3) is 0.400. The molecule has 0 radical (unpaired) electrons. The zero-order chi connectivity index (χ0) is 13.7. The van der Waals surface area contributed by atoms with Crippen LogP contribution in [0.15, 0.2) is 30.9 Å². The van der Waals surface area contributed by atoms with Crippen LogP contribution < -0.4 is 4.90 Å². The maximum absolute atomic E-state index is 11.7. The zero-order valence-electron chi connectivity index (χ0n) is 11.6. The lowest BCUT2D eigenvalue weighted by atomic mass is 9.95. The molecule has 0 aliphatic rings. The van der Waals surface area contributed by atoms with Crippen LogP contribution in [-0.2, 0) is 16.0 Å². The lowest BCUT2D eigenvalue weighted by molar-refractivity contribution is -0.141. The van der Waals surface area contributed by atoms with Crippen molar-refractivity contribution in [3.8, 4) is 0 Å². The first kappa shape index (κ1) is 14.3. The number of anilines is 1. The molecule has 1 atom stereocenters. The number of carbonyl (C=O) groups excluding carboxylic acids is 1. The molecular weight excluding hydrogens is 226 g/mol. The third-order valence-corrected chi connectivity index (χ3v) is 2.98. The summed E-state index contributed by atoms with van der Waals surface area (Å²) in [5, 5.41) is 0. The Morgan fingerprint density at radius 1 is 1.50 bits per heavy atom. The first-order chi connectivity index (χ1) is 8.51. The highest BCUT2D eigenvalue weighted by atomic mass is 16.5. The number of methoxy groups -OCH3 is 1. The van der Waals surface area contributed by atoms with Gasteiger partial charge >= 0.3 is 5.97 Å². The van der Waals surface area contributed by atoms with Crippen LogP contribution in [-0.4, -0.2) is 27.2 Å². The molecule has 0 spiro atoms. The van der Waals surface area contributed by atoms with Gasteiger partial charge in [-0.05, 0) is 30.5 Å². The Labute approximate surface area is 109 Å². The van der Waals surface area contributed by atoms with Crippen LogP contribution in [0, 0.1) is 0 Å². The molecule has 1 aromatic rings. The summed E-state index contributed by atoms with van der Waals surface area (Å²) >= 11 is 0. The summed E-state index contributed by atoms with van der Waals surface area (Å²) in [6.45, 7) is 5.60. The summed E-state index contributed by atoms with van der Waals surface area (Å²) in [4.78, 5) is 13.7. The molecule has 0 amide bonds. The van der Waals surface area contributed by atoms with E-state index in [4.69, 9.17) is 4.74 Å². The third-order valence-electron chi connectivity index (χ3n) is 2.98. The number of nitrogens with zero attached hydrogens (tertiary/aromatic N) is 1. The quantitative estimate of drug-likeness (QED) is 0.592. The lowest BCUT2D eigenvalue weighted by Gasteiger charge is -2.21. The molecule has 0 heterocycles. The molecule has 0 N–H and O–H groups in total. The highest BCUT2D eigenvalue weighted by molar-refractivity contribution is 5.80. The fourth-order valence-electron chi connectivity index (χ4n) is 1.96. The smallest absolute Gasteiger partial charge is 0.312 e. The largest absolute Gasteiger partial charge is 0.469 e. The van der Waals surface area contributed by atoms with Gasteiger partial charge in [-0.3, -0.25) is 4.79 Å². The summed E-state index contributed by atoms with van der Waals surface area (Å²) in [5.41, 5.74) is 3.19. The SMILES string of the molecule is C=CCc1ccc(N(C)C)c(C(C)C(=O)OC)c1. The summed E-state index contributed by atoms with van der Waals surface area (Å²) in [7, 11) is 5.35. The molecule has 3 nitrogen and oxygen atoms in total. The standard InChI is InChI=1S/C15H21NO2/c1-6-7-12-8-9-14(16(3)4)13(10-12)11(2)15(17)18-5/h6,8-11H,1,7H2,2-5H3. The van der Waals surface area contributed by atoms with Crippen molar-refractivity contribution in [3.05, 3.63) is 42.0 Å². The Morgan fingerprint density at radius 2 is 2.17 bits per heavy atom. The van der Waals surface area contributed by atoms with Crippen LogP contribution >= 0.6 is 0 Å². The maximum atomic E-state index is 11.7. The Balaban J connectivity index is 3.22. The number of allylic oxidation sites excluding steroid dienone is 1. The number of carbonyl (C=O) groups is 1. The fourth-order valence-corrected chi connectivity index (χ4v) is 1.96. The normalized spacial score (nSPS) is 11.8. The van der Waals surface area contributed by atoms with Crippen molar-refractivity contribution in [3.63, 3.8) is 0 Å². The molecule has 0 aliphatic heterocycles. The molecule has 1 aromatic carbocycles. The number of hydrogen-bond acceptors (Lipinski definition) is 3. The van der Waals surface area contributed by atoms with Gasteiger partial charge in [-0.1, -0.05) is 18.2 Å². The summed E-state index contributed by atoms with van der Waals surface area (Å²) in [6.07, 6.45) is 2.66. The molecule has 1 unspecified atom stereocenters. The van der Waals surface area contributed by atoms with Crippen molar-refractivity contribution in [1.29, 1.82) is 0 Å². The van der Waals surface area contributed by atoms with Crippen molar-refractivity contribution in [1.82, 2.24) is 0 Å². The lowest BCUT2D eigenvalue weighted by Crippen LogP contribution is -2.17. The van der Waals surface area contributed by atoms with E-state index in [1.807, 2.05) is 38.1 Å². The van der Waals surface area contributed by atoms with Crippen LogP contribution in [0.25, 0.3) is 0 Å². The molecule has 1 rings (SSSR count). The maximum Gasteiger partial charge on any atom is 0.312 e. The van der Waals surface area contributed by atoms with Crippen molar-refractivity contribution >= 4 is 11.7 Å². The minimum atomic E-state index is -0.267. The van der Waals surface area contributed by atoms with E-state index in [1.54, 1.807) is 0 Å². The predicted octanol–water partition coefficient (Wildman–Crippen LogP) is 2.76. The number of hydrogen-bond donors (Lipinski definition) is 0. The Bertz CT molecular complexity index is 438. The van der Waals surface area contributed by atoms with Crippen molar-refractivity contribution in [2.24, 2.45) is 0 Å². The molecular formula is C15H21NO2. The second-order valence-corrected chi connectivity index (χ2v) is 4.53. The zero-order valence-corrected chi connectivity index (χ0v) is 11.6. The van der Waals surface area contributed by atoms with Crippen LogP contribution in [0.3, 0.4) is 0 Å². The van der Waals surface area contributed by atoms with Crippen LogP contribution in [0.1, 0.15) is 24.0 Å². The van der Waals surface area contributed by atoms with Gasteiger partial charge in [-0.15, -0.1) is 6.58 Å². The van der Waals surface area contributed by atoms with Gasteiger partial charge in [0.15, 0.2) is 0 Å². The van der Waals surface area contributed by atoms with Gasteiger partial charge in [-0.2, -0.15) is 0 Å². The second kappa shape index (κ2) is 6.24. The molecule has 98 valence electrons. The number of esters is 1. The number of benzene rings is 1. The molecule has 0 aromatic heterocycles. The van der Waals surface area contributed by atoms with E-state index in [2.05, 4.69) is 18.7 Å². The summed E-state index contributed by atoms with van der Waals surface area (Å²) in [5.74, 6) is -0.481. The number of ether oxygens (including phenoxy) is 1. The third kappa shape index (κ3) is 3.13. The van der Waals surface area contributed by atoms with Gasteiger partial charge < -0.3 is 9.64 Å². The van der Waals surface area contributed by atoms with E-state index in [0.29, 0.717) is 0 Å². The average Bonchev–Trinajstić information content (AvgIpc) is 2.37. The minimum Gasteiger partial charge on any atom is -0.469 e. The minimum absolute atomic E-state index is 0.214. The van der Waals surface area contributed by atoms with Gasteiger partial charge in [0.25, 0.3) is 0 Å². The van der Waals surface area contributed by atoms with E-state index >= 15 is 0 Å². The Hall–Kier alpha value is -1.77. The van der Waals surface area contributed by atoms with Gasteiger partial charge in [0, 0.05) is 19.8 Å². The van der Waals surface area contributed by atoms with Gasteiger partial charge in [0.1, 0.15) is 0 Å². The molecule has 18 heavy (non-hydrogen) atoms. The molecule has 0 bridgehead atoms. The first-order valence-corrected chi connectivity index (χ1v) is 6.00. The molecule has 0 saturated heterocycles. The van der Waals surface area contributed by atoms with Crippen LogP contribution in [0.4, 0.5) is 5.69 Å². The van der Waals surface area contributed by atoms with Crippen LogP contribution in [0.5, 0.6) is 0 Å². The van der Waals surface area contributed by atoms with E-state index in [-0.39, 0.29) is 11.9 Å². The molecule has 0 aliphatic carbocycles. The van der Waals surface area contributed by atoms with Crippen LogP contribution in [0.2, 0.25) is 0 Å². The second-order valence-electron chi connectivity index (χ2n) is 4.53. The van der Waals surface area contributed by atoms with E-state index in [0.717, 1.165) is 23.2 Å². The van der Waals surface area contributed by atoms with Crippen molar-refractivity contribution < 1.29 is 9.53 Å². The van der Waals surface area contributed by atoms with Gasteiger partial charge in [0.2, 0.25) is 0 Å².